The van der Waals surface area contributed by atoms with Gasteiger partial charge >= 0.3 is 0 Å². The molecule has 3 aromatic carbocycles. The van der Waals surface area contributed by atoms with Gasteiger partial charge in [0.05, 0.1) is 42.2 Å². The predicted octanol–water partition coefficient (Wildman–Crippen LogP) is 4.39. The van der Waals surface area contributed by atoms with Crippen LogP contribution in [0, 0.1) is 0 Å². The Bertz CT molecular complexity index is 1330. The first-order valence-electron chi connectivity index (χ1n) is 12.3. The molecule has 39 heavy (non-hydrogen) atoms. The molecule has 3 aromatic rings. The fourth-order valence-electron chi connectivity index (χ4n) is 4.10. The number of sulfonamides is 1. The summed E-state index contributed by atoms with van der Waals surface area (Å²) < 4.78 is 57.3. The molecule has 0 aromatic heterocycles. The topological polar surface area (TPSA) is 104 Å². The van der Waals surface area contributed by atoms with Gasteiger partial charge in [0.15, 0.2) is 0 Å². The molecule has 0 radical (unpaired) electrons. The molecule has 0 atom stereocenters. The molecular weight excluding hydrogens is 522 g/mol. The van der Waals surface area contributed by atoms with Crippen molar-refractivity contribution in [3.05, 3.63) is 71.3 Å². The van der Waals surface area contributed by atoms with Gasteiger partial charge in [0.1, 0.15) is 33.6 Å². The second-order valence-electron chi connectivity index (χ2n) is 9.54. The normalized spacial score (nSPS) is 11.8. The zero-order chi connectivity index (χ0) is 28.8. The van der Waals surface area contributed by atoms with E-state index in [-0.39, 0.29) is 30.3 Å². The molecule has 0 heterocycles. The van der Waals surface area contributed by atoms with Gasteiger partial charge in [0, 0.05) is 41.8 Å². The summed E-state index contributed by atoms with van der Waals surface area (Å²) in [5.74, 6) is 2.34. The fourth-order valence-corrected chi connectivity index (χ4v) is 5.68. The van der Waals surface area contributed by atoms with Crippen molar-refractivity contribution in [1.29, 1.82) is 0 Å². The molecule has 1 N–H and O–H groups in total. The van der Waals surface area contributed by atoms with Crippen molar-refractivity contribution in [1.82, 2.24) is 4.31 Å². The van der Waals surface area contributed by atoms with Crippen LogP contribution in [-0.2, 0) is 28.5 Å². The van der Waals surface area contributed by atoms with E-state index in [4.69, 9.17) is 23.7 Å². The van der Waals surface area contributed by atoms with Gasteiger partial charge in [-0.1, -0.05) is 32.0 Å². The van der Waals surface area contributed by atoms with E-state index in [0.717, 1.165) is 0 Å². The molecule has 0 aliphatic heterocycles. The molecule has 0 saturated heterocycles. The summed E-state index contributed by atoms with van der Waals surface area (Å²) in [4.78, 5) is -0.0102. The lowest BCUT2D eigenvalue weighted by Crippen LogP contribution is -2.31. The minimum absolute atomic E-state index is 0.0102. The number of ether oxygens (including phenoxy) is 5. The van der Waals surface area contributed by atoms with E-state index in [0.29, 0.717) is 39.7 Å². The minimum atomic E-state index is -4.16. The first-order valence-corrected chi connectivity index (χ1v) is 13.7. The van der Waals surface area contributed by atoms with E-state index in [1.54, 1.807) is 68.8 Å². The Hall–Kier alpha value is -3.47. The van der Waals surface area contributed by atoms with E-state index in [1.165, 1.54) is 25.6 Å². The van der Waals surface area contributed by atoms with E-state index in [1.807, 2.05) is 13.8 Å². The highest BCUT2D eigenvalue weighted by Gasteiger charge is 2.32. The van der Waals surface area contributed by atoms with Crippen LogP contribution in [0.15, 0.2) is 59.5 Å². The van der Waals surface area contributed by atoms with Gasteiger partial charge in [0.2, 0.25) is 10.0 Å². The molecule has 3 rings (SSSR count). The zero-order valence-corrected chi connectivity index (χ0v) is 24.3. The SMILES string of the molecule is COc1ccc(CN(Cc2ccc(OC)cc2OC)S(=O)(=O)c2cc(C(C)(C)CO)ccc2OC)c(OC)c1. The number of benzene rings is 3. The first-order chi connectivity index (χ1) is 18.5. The number of aliphatic hydroxyl groups excluding tert-OH is 1. The van der Waals surface area contributed by atoms with Crippen LogP contribution >= 0.6 is 0 Å². The molecule has 10 heteroatoms. The third-order valence-corrected chi connectivity index (χ3v) is 8.45. The maximum Gasteiger partial charge on any atom is 0.247 e. The Morgan fingerprint density at radius 1 is 0.692 bits per heavy atom. The Morgan fingerprint density at radius 2 is 1.18 bits per heavy atom. The number of hydrogen-bond donors (Lipinski definition) is 1. The number of rotatable bonds is 13. The fraction of sp³-hybridized carbons (Fsp3) is 0.379. The second kappa shape index (κ2) is 12.6. The molecule has 0 spiro atoms. The van der Waals surface area contributed by atoms with Gasteiger partial charge in [-0.05, 0) is 29.8 Å². The first kappa shape index (κ1) is 30.1. The number of nitrogens with zero attached hydrogens (tertiary/aromatic N) is 1. The van der Waals surface area contributed by atoms with Gasteiger partial charge in [-0.2, -0.15) is 4.31 Å². The Labute approximate surface area is 230 Å². The van der Waals surface area contributed by atoms with Gasteiger partial charge < -0.3 is 28.8 Å². The smallest absolute Gasteiger partial charge is 0.247 e. The highest BCUT2D eigenvalue weighted by atomic mass is 32.2. The van der Waals surface area contributed by atoms with Crippen molar-refractivity contribution < 1.29 is 37.2 Å². The molecule has 0 amide bonds. The third-order valence-electron chi connectivity index (χ3n) is 6.64. The largest absolute Gasteiger partial charge is 0.497 e. The summed E-state index contributed by atoms with van der Waals surface area (Å²) >= 11 is 0. The monoisotopic (exact) mass is 559 g/mol. The second-order valence-corrected chi connectivity index (χ2v) is 11.4. The predicted molar refractivity (Wildman–Crippen MR) is 149 cm³/mol. The highest BCUT2D eigenvalue weighted by Crippen LogP contribution is 2.36. The number of aliphatic hydroxyl groups is 1. The van der Waals surface area contributed by atoms with Crippen molar-refractivity contribution in [2.24, 2.45) is 0 Å². The maximum absolute atomic E-state index is 14.4. The lowest BCUT2D eigenvalue weighted by Gasteiger charge is -2.27. The van der Waals surface area contributed by atoms with Crippen molar-refractivity contribution in [3.63, 3.8) is 0 Å². The third kappa shape index (κ3) is 6.58. The minimum Gasteiger partial charge on any atom is -0.497 e. The zero-order valence-electron chi connectivity index (χ0n) is 23.5. The molecule has 9 nitrogen and oxygen atoms in total. The van der Waals surface area contributed by atoms with E-state index >= 15 is 0 Å². The van der Waals surface area contributed by atoms with Crippen molar-refractivity contribution in [3.8, 4) is 28.7 Å². The molecule has 0 unspecified atom stereocenters. The Morgan fingerprint density at radius 3 is 1.59 bits per heavy atom. The summed E-state index contributed by atoms with van der Waals surface area (Å²) in [6.07, 6.45) is 0. The summed E-state index contributed by atoms with van der Waals surface area (Å²) in [6.45, 7) is 3.50. The summed E-state index contributed by atoms with van der Waals surface area (Å²) in [5.41, 5.74) is 1.27. The van der Waals surface area contributed by atoms with Crippen LogP contribution in [0.25, 0.3) is 0 Å². The van der Waals surface area contributed by atoms with Gasteiger partial charge in [0.25, 0.3) is 0 Å². The van der Waals surface area contributed by atoms with E-state index in [9.17, 15) is 13.5 Å². The van der Waals surface area contributed by atoms with Gasteiger partial charge in [-0.25, -0.2) is 8.42 Å². The van der Waals surface area contributed by atoms with Gasteiger partial charge in [-0.15, -0.1) is 0 Å². The van der Waals surface area contributed by atoms with Crippen LogP contribution in [0.1, 0.15) is 30.5 Å². The Balaban J connectivity index is 2.20. The quantitative estimate of drug-likeness (QED) is 0.329. The van der Waals surface area contributed by atoms with Crippen LogP contribution in [0.4, 0.5) is 0 Å². The van der Waals surface area contributed by atoms with Crippen molar-refractivity contribution in [2.75, 3.05) is 42.2 Å². The van der Waals surface area contributed by atoms with Crippen LogP contribution in [-0.4, -0.2) is 60.0 Å². The molecular formula is C29H37NO8S. The lowest BCUT2D eigenvalue weighted by atomic mass is 9.86. The number of hydrogen-bond acceptors (Lipinski definition) is 8. The summed E-state index contributed by atoms with van der Waals surface area (Å²) in [6, 6.07) is 15.4. The van der Waals surface area contributed by atoms with E-state index in [2.05, 4.69) is 0 Å². The van der Waals surface area contributed by atoms with Crippen molar-refractivity contribution >= 4 is 10.0 Å². The maximum atomic E-state index is 14.4. The number of methoxy groups -OCH3 is 5. The molecule has 0 bridgehead atoms. The summed E-state index contributed by atoms with van der Waals surface area (Å²) in [5, 5.41) is 9.93. The standard InChI is InChI=1S/C29H37NO8S/c1-29(2,19-31)22-10-13-25(36-5)28(14-22)39(32,33)30(17-20-8-11-23(34-3)15-26(20)37-6)18-21-9-12-24(35-4)16-27(21)38-7/h8-16,31H,17-19H2,1-7H3. The van der Waals surface area contributed by atoms with E-state index < -0.39 is 15.4 Å². The van der Waals surface area contributed by atoms with Crippen LogP contribution < -0.4 is 23.7 Å². The molecule has 0 aliphatic rings. The van der Waals surface area contributed by atoms with Crippen molar-refractivity contribution in [2.45, 2.75) is 37.2 Å². The lowest BCUT2D eigenvalue weighted by molar-refractivity contribution is 0.218. The van der Waals surface area contributed by atoms with Gasteiger partial charge in [-0.3, -0.25) is 0 Å². The average molecular weight is 560 g/mol. The Kier molecular flexibility index (Phi) is 9.71. The summed E-state index contributed by atoms with van der Waals surface area (Å²) in [7, 11) is 3.41. The average Bonchev–Trinajstić information content (AvgIpc) is 2.96. The van der Waals surface area contributed by atoms with Crippen LogP contribution in [0.2, 0.25) is 0 Å². The van der Waals surface area contributed by atoms with Crippen LogP contribution in [0.5, 0.6) is 28.7 Å². The molecule has 0 aliphatic carbocycles. The molecule has 0 fully saturated rings. The highest BCUT2D eigenvalue weighted by molar-refractivity contribution is 7.89. The molecule has 212 valence electrons. The van der Waals surface area contributed by atoms with Crippen LogP contribution in [0.3, 0.4) is 0 Å². The molecule has 0 saturated carbocycles.